The third-order valence-corrected chi connectivity index (χ3v) is 3.80. The number of likely N-dealkylation sites (N-methyl/N-ethyl adjacent to an activating group) is 1. The summed E-state index contributed by atoms with van der Waals surface area (Å²) in [4.78, 5) is 19.3. The predicted octanol–water partition coefficient (Wildman–Crippen LogP) is 3.09. The Kier molecular flexibility index (Phi) is 4.62. The summed E-state index contributed by atoms with van der Waals surface area (Å²) in [6, 6.07) is 13.2. The Balaban J connectivity index is 2.00. The van der Waals surface area contributed by atoms with E-state index < -0.39 is 0 Å². The zero-order chi connectivity index (χ0) is 17.1. The van der Waals surface area contributed by atoms with E-state index in [1.165, 1.54) is 0 Å². The Bertz CT molecular complexity index is 868. The van der Waals surface area contributed by atoms with Crippen molar-refractivity contribution in [2.45, 2.75) is 6.92 Å². The third kappa shape index (κ3) is 3.46. The molecule has 0 aliphatic carbocycles. The first kappa shape index (κ1) is 16.2. The average molecular weight is 323 g/mol. The Morgan fingerprint density at radius 1 is 1.21 bits per heavy atom. The van der Waals surface area contributed by atoms with Crippen LogP contribution in [0, 0.1) is 6.92 Å². The summed E-state index contributed by atoms with van der Waals surface area (Å²) in [5.41, 5.74) is 2.06. The molecule has 0 aliphatic heterocycles. The van der Waals surface area contributed by atoms with Crippen molar-refractivity contribution in [3.05, 3.63) is 53.8 Å². The van der Waals surface area contributed by atoms with Crippen molar-refractivity contribution in [2.24, 2.45) is 0 Å². The average Bonchev–Trinajstić information content (AvgIpc) is 3.00. The van der Waals surface area contributed by atoms with E-state index in [0.717, 1.165) is 23.2 Å². The van der Waals surface area contributed by atoms with Crippen molar-refractivity contribution in [1.29, 1.82) is 0 Å². The minimum Gasteiger partial charge on any atom is -0.460 e. The molecule has 0 fully saturated rings. The summed E-state index contributed by atoms with van der Waals surface area (Å²) in [7, 11) is 3.96. The number of nitrogens with zero attached hydrogens (tertiary/aromatic N) is 2. The molecule has 0 saturated heterocycles. The summed E-state index contributed by atoms with van der Waals surface area (Å²) in [6.45, 7) is 3.27. The molecule has 24 heavy (non-hydrogen) atoms. The molecular formula is C19H21N3O2. The molecule has 1 N–H and O–H groups in total. The molecule has 124 valence electrons. The number of rotatable bonds is 5. The van der Waals surface area contributed by atoms with E-state index in [-0.39, 0.29) is 5.91 Å². The molecule has 0 bridgehead atoms. The van der Waals surface area contributed by atoms with Crippen LogP contribution >= 0.6 is 0 Å². The van der Waals surface area contributed by atoms with Crippen LogP contribution in [0.2, 0.25) is 0 Å². The molecule has 5 heteroatoms. The minimum absolute atomic E-state index is 0.0972. The van der Waals surface area contributed by atoms with Crippen LogP contribution < -0.4 is 5.32 Å². The molecule has 1 amide bonds. The van der Waals surface area contributed by atoms with Crippen LogP contribution in [0.1, 0.15) is 16.1 Å². The summed E-state index contributed by atoms with van der Waals surface area (Å²) in [5, 5.41) is 3.81. The maximum absolute atomic E-state index is 12.6. The van der Waals surface area contributed by atoms with Gasteiger partial charge in [0.25, 0.3) is 5.91 Å². The summed E-state index contributed by atoms with van der Waals surface area (Å²) < 4.78 is 5.66. The second-order valence-corrected chi connectivity index (χ2v) is 6.04. The molecular weight excluding hydrogens is 302 g/mol. The highest BCUT2D eigenvalue weighted by molar-refractivity contribution is 6.07. The van der Waals surface area contributed by atoms with Gasteiger partial charge in [0.2, 0.25) is 0 Å². The molecule has 0 spiro atoms. The Labute approximate surface area is 141 Å². The number of furan rings is 1. The Hall–Kier alpha value is -2.66. The topological polar surface area (TPSA) is 58.4 Å². The lowest BCUT2D eigenvalue weighted by atomic mass is 10.1. The number of fused-ring (bicyclic) bond motifs is 1. The molecule has 1 aromatic carbocycles. The van der Waals surface area contributed by atoms with Gasteiger partial charge < -0.3 is 14.6 Å². The first-order valence-electron chi connectivity index (χ1n) is 7.94. The fourth-order valence-corrected chi connectivity index (χ4v) is 2.55. The smallest absolute Gasteiger partial charge is 0.252 e. The van der Waals surface area contributed by atoms with Gasteiger partial charge in [0.15, 0.2) is 5.76 Å². The Morgan fingerprint density at radius 3 is 2.71 bits per heavy atom. The van der Waals surface area contributed by atoms with Crippen molar-refractivity contribution >= 4 is 16.8 Å². The number of aryl methyl sites for hydroxylation is 1. The highest BCUT2D eigenvalue weighted by Crippen LogP contribution is 2.26. The number of benzene rings is 1. The number of para-hydroxylation sites is 1. The van der Waals surface area contributed by atoms with Gasteiger partial charge in [-0.25, -0.2) is 4.98 Å². The van der Waals surface area contributed by atoms with Crippen LogP contribution in [0.25, 0.3) is 22.4 Å². The minimum atomic E-state index is -0.0972. The molecule has 0 radical (unpaired) electrons. The first-order chi connectivity index (χ1) is 11.5. The molecule has 2 heterocycles. The van der Waals surface area contributed by atoms with Gasteiger partial charge in [-0.05, 0) is 45.3 Å². The molecule has 0 atom stereocenters. The SMILES string of the molecule is Cc1ccc(-c2cc(C(=O)NCCN(C)C)c3ccccc3n2)o1. The second-order valence-electron chi connectivity index (χ2n) is 6.04. The molecule has 2 aromatic heterocycles. The van der Waals surface area contributed by atoms with E-state index in [0.29, 0.717) is 23.6 Å². The van der Waals surface area contributed by atoms with Crippen molar-refractivity contribution in [1.82, 2.24) is 15.2 Å². The van der Waals surface area contributed by atoms with Crippen molar-refractivity contribution < 1.29 is 9.21 Å². The molecule has 0 aliphatic rings. The number of amides is 1. The highest BCUT2D eigenvalue weighted by Gasteiger charge is 2.15. The van der Waals surface area contributed by atoms with Gasteiger partial charge >= 0.3 is 0 Å². The van der Waals surface area contributed by atoms with Crippen molar-refractivity contribution in [3.63, 3.8) is 0 Å². The number of hydrogen-bond donors (Lipinski definition) is 1. The fourth-order valence-electron chi connectivity index (χ4n) is 2.55. The van der Waals surface area contributed by atoms with E-state index in [1.54, 1.807) is 6.07 Å². The standard InChI is InChI=1S/C19H21N3O2/c1-13-8-9-18(24-13)17-12-15(19(23)20-10-11-22(2)3)14-6-4-5-7-16(14)21-17/h4-9,12H,10-11H2,1-3H3,(H,20,23). The molecule has 0 saturated carbocycles. The van der Waals surface area contributed by atoms with Crippen LogP contribution in [0.15, 0.2) is 46.9 Å². The normalized spacial score (nSPS) is 11.2. The van der Waals surface area contributed by atoms with Crippen LogP contribution in [0.4, 0.5) is 0 Å². The number of nitrogens with one attached hydrogen (secondary N) is 1. The maximum Gasteiger partial charge on any atom is 0.252 e. The van der Waals surface area contributed by atoms with E-state index in [2.05, 4.69) is 10.3 Å². The lowest BCUT2D eigenvalue weighted by Gasteiger charge is -2.12. The quantitative estimate of drug-likeness (QED) is 0.784. The van der Waals surface area contributed by atoms with Gasteiger partial charge in [-0.15, -0.1) is 0 Å². The van der Waals surface area contributed by atoms with Gasteiger partial charge in [-0.3, -0.25) is 4.79 Å². The van der Waals surface area contributed by atoms with Gasteiger partial charge in [-0.2, -0.15) is 0 Å². The lowest BCUT2D eigenvalue weighted by molar-refractivity contribution is 0.0952. The zero-order valence-electron chi connectivity index (χ0n) is 14.2. The number of hydrogen-bond acceptors (Lipinski definition) is 4. The van der Waals surface area contributed by atoms with E-state index in [4.69, 9.17) is 4.42 Å². The monoisotopic (exact) mass is 323 g/mol. The van der Waals surface area contributed by atoms with Crippen molar-refractivity contribution in [3.8, 4) is 11.5 Å². The summed E-state index contributed by atoms with van der Waals surface area (Å²) in [5.74, 6) is 1.39. The number of carbonyl (C=O) groups excluding carboxylic acids is 1. The second kappa shape index (κ2) is 6.84. The molecule has 5 nitrogen and oxygen atoms in total. The largest absolute Gasteiger partial charge is 0.460 e. The van der Waals surface area contributed by atoms with Gasteiger partial charge in [0.05, 0.1) is 11.1 Å². The van der Waals surface area contributed by atoms with Crippen molar-refractivity contribution in [2.75, 3.05) is 27.2 Å². The maximum atomic E-state index is 12.6. The van der Waals surface area contributed by atoms with Gasteiger partial charge in [-0.1, -0.05) is 18.2 Å². The van der Waals surface area contributed by atoms with Crippen LogP contribution in [0.5, 0.6) is 0 Å². The lowest BCUT2D eigenvalue weighted by Crippen LogP contribution is -2.31. The van der Waals surface area contributed by atoms with Crippen LogP contribution in [-0.4, -0.2) is 43.0 Å². The van der Waals surface area contributed by atoms with E-state index >= 15 is 0 Å². The highest BCUT2D eigenvalue weighted by atomic mass is 16.3. The number of pyridine rings is 1. The number of carbonyl (C=O) groups is 1. The van der Waals surface area contributed by atoms with Gasteiger partial charge in [0.1, 0.15) is 11.5 Å². The zero-order valence-corrected chi connectivity index (χ0v) is 14.2. The molecule has 3 rings (SSSR count). The third-order valence-electron chi connectivity index (χ3n) is 3.80. The van der Waals surface area contributed by atoms with Gasteiger partial charge in [0, 0.05) is 18.5 Å². The summed E-state index contributed by atoms with van der Waals surface area (Å²) in [6.07, 6.45) is 0. The Morgan fingerprint density at radius 2 is 2.00 bits per heavy atom. The van der Waals surface area contributed by atoms with Crippen LogP contribution in [-0.2, 0) is 0 Å². The molecule has 0 unspecified atom stereocenters. The predicted molar refractivity (Wildman–Crippen MR) is 95.1 cm³/mol. The summed E-state index contributed by atoms with van der Waals surface area (Å²) >= 11 is 0. The van der Waals surface area contributed by atoms with E-state index in [9.17, 15) is 4.79 Å². The first-order valence-corrected chi connectivity index (χ1v) is 7.94. The fraction of sp³-hybridized carbons (Fsp3) is 0.263. The van der Waals surface area contributed by atoms with E-state index in [1.807, 2.05) is 62.3 Å². The molecule has 3 aromatic rings. The number of aromatic nitrogens is 1. The van der Waals surface area contributed by atoms with Crippen LogP contribution in [0.3, 0.4) is 0 Å².